The first-order valence-electron chi connectivity index (χ1n) is 7.74. The molecule has 0 aromatic heterocycles. The molecule has 1 aliphatic carbocycles. The molecule has 1 saturated carbocycles. The van der Waals surface area contributed by atoms with Gasteiger partial charge in [-0.05, 0) is 31.6 Å². The van der Waals surface area contributed by atoms with Crippen molar-refractivity contribution < 1.29 is 14.3 Å². The lowest BCUT2D eigenvalue weighted by Gasteiger charge is -2.25. The maximum Gasteiger partial charge on any atom is 0.244 e. The number of nitrogens with zero attached hydrogens (tertiary/aromatic N) is 1. The summed E-state index contributed by atoms with van der Waals surface area (Å²) in [6, 6.07) is 0. The summed E-state index contributed by atoms with van der Waals surface area (Å²) in [4.78, 5) is 14.5. The van der Waals surface area contributed by atoms with E-state index in [1.54, 1.807) is 7.11 Å². The van der Waals surface area contributed by atoms with Gasteiger partial charge < -0.3 is 14.4 Å². The SMILES string of the molecule is COCCOCCCN1C(=O)C2(CC2)NC1CC(C)C. The first-order valence-corrected chi connectivity index (χ1v) is 7.74. The van der Waals surface area contributed by atoms with Crippen molar-refractivity contribution in [3.63, 3.8) is 0 Å². The second-order valence-corrected chi connectivity index (χ2v) is 6.33. The average Bonchev–Trinajstić information content (AvgIpc) is 3.12. The molecule has 116 valence electrons. The van der Waals surface area contributed by atoms with Gasteiger partial charge in [-0.15, -0.1) is 0 Å². The molecule has 0 aromatic rings. The van der Waals surface area contributed by atoms with Gasteiger partial charge in [0.1, 0.15) is 0 Å². The Balaban J connectivity index is 1.76. The van der Waals surface area contributed by atoms with E-state index in [2.05, 4.69) is 19.2 Å². The maximum absolute atomic E-state index is 12.5. The van der Waals surface area contributed by atoms with E-state index in [1.807, 2.05) is 4.90 Å². The summed E-state index contributed by atoms with van der Waals surface area (Å²) in [6.07, 6.45) is 4.13. The van der Waals surface area contributed by atoms with E-state index in [1.165, 1.54) is 0 Å². The molecular formula is C15H28N2O3. The summed E-state index contributed by atoms with van der Waals surface area (Å²) in [5.41, 5.74) is -0.198. The number of carbonyl (C=O) groups is 1. The van der Waals surface area contributed by atoms with Gasteiger partial charge in [-0.2, -0.15) is 0 Å². The van der Waals surface area contributed by atoms with Gasteiger partial charge in [0.2, 0.25) is 5.91 Å². The van der Waals surface area contributed by atoms with Crippen LogP contribution in [0.1, 0.15) is 39.5 Å². The topological polar surface area (TPSA) is 50.8 Å². The second kappa shape index (κ2) is 6.87. The largest absolute Gasteiger partial charge is 0.382 e. The molecular weight excluding hydrogens is 256 g/mol. The lowest BCUT2D eigenvalue weighted by Crippen LogP contribution is -2.39. The minimum atomic E-state index is -0.198. The van der Waals surface area contributed by atoms with Crippen LogP contribution in [-0.2, 0) is 14.3 Å². The molecule has 1 aliphatic heterocycles. The van der Waals surface area contributed by atoms with Crippen molar-refractivity contribution in [1.29, 1.82) is 0 Å². The Morgan fingerprint density at radius 2 is 2.10 bits per heavy atom. The highest BCUT2D eigenvalue weighted by atomic mass is 16.5. The number of hydrogen-bond acceptors (Lipinski definition) is 4. The summed E-state index contributed by atoms with van der Waals surface area (Å²) >= 11 is 0. The summed E-state index contributed by atoms with van der Waals surface area (Å²) < 4.78 is 10.4. The Hall–Kier alpha value is -0.650. The third-order valence-corrected chi connectivity index (χ3v) is 4.05. The van der Waals surface area contributed by atoms with Crippen LogP contribution in [0.3, 0.4) is 0 Å². The van der Waals surface area contributed by atoms with Crippen LogP contribution in [0.15, 0.2) is 0 Å². The molecule has 5 heteroatoms. The normalized spacial score (nSPS) is 24.1. The van der Waals surface area contributed by atoms with Gasteiger partial charge in [-0.1, -0.05) is 13.8 Å². The Labute approximate surface area is 122 Å². The molecule has 0 bridgehead atoms. The minimum absolute atomic E-state index is 0.198. The van der Waals surface area contributed by atoms with E-state index >= 15 is 0 Å². The Kier molecular flexibility index (Phi) is 5.41. The van der Waals surface area contributed by atoms with Crippen molar-refractivity contribution in [3.05, 3.63) is 0 Å². The monoisotopic (exact) mass is 284 g/mol. The van der Waals surface area contributed by atoms with Crippen molar-refractivity contribution >= 4 is 5.91 Å². The fourth-order valence-corrected chi connectivity index (χ4v) is 2.83. The standard InChI is InChI=1S/C15H28N2O3/c1-12(2)11-13-16-15(5-6-15)14(18)17(13)7-4-8-20-10-9-19-3/h12-13,16H,4-11H2,1-3H3. The number of ether oxygens (including phenoxy) is 2. The third-order valence-electron chi connectivity index (χ3n) is 4.05. The van der Waals surface area contributed by atoms with E-state index in [0.717, 1.165) is 32.2 Å². The molecule has 2 fully saturated rings. The van der Waals surface area contributed by atoms with Crippen LogP contribution >= 0.6 is 0 Å². The number of carbonyl (C=O) groups excluding carboxylic acids is 1. The fraction of sp³-hybridized carbons (Fsp3) is 0.933. The quantitative estimate of drug-likeness (QED) is 0.650. The Morgan fingerprint density at radius 3 is 2.70 bits per heavy atom. The highest BCUT2D eigenvalue weighted by Gasteiger charge is 2.58. The zero-order chi connectivity index (χ0) is 14.6. The predicted octanol–water partition coefficient (Wildman–Crippen LogP) is 1.38. The molecule has 2 rings (SSSR count). The van der Waals surface area contributed by atoms with E-state index in [0.29, 0.717) is 31.6 Å². The van der Waals surface area contributed by atoms with Gasteiger partial charge in [0, 0.05) is 20.3 Å². The number of nitrogens with one attached hydrogen (secondary N) is 1. The maximum atomic E-state index is 12.5. The molecule has 1 amide bonds. The molecule has 5 nitrogen and oxygen atoms in total. The third kappa shape index (κ3) is 3.71. The fourth-order valence-electron chi connectivity index (χ4n) is 2.83. The molecule has 1 spiro atoms. The Bertz CT molecular complexity index is 329. The van der Waals surface area contributed by atoms with Gasteiger partial charge in [-0.3, -0.25) is 10.1 Å². The van der Waals surface area contributed by atoms with Crippen LogP contribution < -0.4 is 5.32 Å². The minimum Gasteiger partial charge on any atom is -0.382 e. The van der Waals surface area contributed by atoms with Gasteiger partial charge in [0.25, 0.3) is 0 Å². The number of hydrogen-bond donors (Lipinski definition) is 1. The lowest BCUT2D eigenvalue weighted by molar-refractivity contribution is -0.131. The van der Waals surface area contributed by atoms with Crippen LogP contribution in [0.25, 0.3) is 0 Å². The van der Waals surface area contributed by atoms with Crippen LogP contribution in [0.4, 0.5) is 0 Å². The van der Waals surface area contributed by atoms with E-state index in [9.17, 15) is 4.79 Å². The van der Waals surface area contributed by atoms with Gasteiger partial charge >= 0.3 is 0 Å². The van der Waals surface area contributed by atoms with Crippen LogP contribution in [0, 0.1) is 5.92 Å². The van der Waals surface area contributed by atoms with Crippen LogP contribution in [0.2, 0.25) is 0 Å². The molecule has 0 aromatic carbocycles. The van der Waals surface area contributed by atoms with Gasteiger partial charge in [0.15, 0.2) is 0 Å². The Morgan fingerprint density at radius 1 is 1.35 bits per heavy atom. The number of methoxy groups -OCH3 is 1. The zero-order valence-corrected chi connectivity index (χ0v) is 13.0. The van der Waals surface area contributed by atoms with E-state index in [4.69, 9.17) is 9.47 Å². The lowest BCUT2D eigenvalue weighted by atomic mass is 10.1. The highest BCUT2D eigenvalue weighted by Crippen LogP contribution is 2.43. The molecule has 20 heavy (non-hydrogen) atoms. The van der Waals surface area contributed by atoms with Crippen molar-refractivity contribution in [2.75, 3.05) is 33.5 Å². The van der Waals surface area contributed by atoms with Gasteiger partial charge in [-0.25, -0.2) is 0 Å². The van der Waals surface area contributed by atoms with Crippen LogP contribution in [0.5, 0.6) is 0 Å². The van der Waals surface area contributed by atoms with Crippen molar-refractivity contribution in [3.8, 4) is 0 Å². The predicted molar refractivity (Wildman–Crippen MR) is 77.4 cm³/mol. The van der Waals surface area contributed by atoms with Gasteiger partial charge in [0.05, 0.1) is 24.9 Å². The molecule has 2 aliphatic rings. The smallest absolute Gasteiger partial charge is 0.244 e. The van der Waals surface area contributed by atoms with Crippen molar-refractivity contribution in [1.82, 2.24) is 10.2 Å². The summed E-state index contributed by atoms with van der Waals surface area (Å²) in [7, 11) is 1.67. The summed E-state index contributed by atoms with van der Waals surface area (Å²) in [5.74, 6) is 0.898. The highest BCUT2D eigenvalue weighted by molar-refractivity contribution is 5.91. The van der Waals surface area contributed by atoms with Crippen molar-refractivity contribution in [2.24, 2.45) is 5.92 Å². The molecule has 1 heterocycles. The van der Waals surface area contributed by atoms with Crippen LogP contribution in [-0.4, -0.2) is 56.0 Å². The molecule has 0 radical (unpaired) electrons. The molecule has 1 atom stereocenters. The first-order chi connectivity index (χ1) is 9.59. The van der Waals surface area contributed by atoms with E-state index in [-0.39, 0.29) is 11.7 Å². The zero-order valence-electron chi connectivity index (χ0n) is 13.0. The molecule has 1 saturated heterocycles. The summed E-state index contributed by atoms with van der Waals surface area (Å²) in [5, 5.41) is 3.55. The first kappa shape index (κ1) is 15.7. The number of amides is 1. The average molecular weight is 284 g/mol. The second-order valence-electron chi connectivity index (χ2n) is 6.33. The van der Waals surface area contributed by atoms with Crippen molar-refractivity contribution in [2.45, 2.75) is 51.2 Å². The molecule has 1 N–H and O–H groups in total. The van der Waals surface area contributed by atoms with E-state index < -0.39 is 0 Å². The summed E-state index contributed by atoms with van der Waals surface area (Å²) in [6.45, 7) is 7.14. The molecule has 1 unspecified atom stereocenters. The number of rotatable bonds is 9.